The van der Waals surface area contributed by atoms with E-state index in [0.29, 0.717) is 27.9 Å². The van der Waals surface area contributed by atoms with Crippen LogP contribution in [0.25, 0.3) is 0 Å². The van der Waals surface area contributed by atoms with Gasteiger partial charge in [-0.05, 0) is 67.6 Å². The molecule has 9 heteroatoms. The van der Waals surface area contributed by atoms with E-state index >= 15 is 0 Å². The van der Waals surface area contributed by atoms with Gasteiger partial charge in [0.05, 0.1) is 0 Å². The van der Waals surface area contributed by atoms with Crippen molar-refractivity contribution in [3.05, 3.63) is 95.1 Å². The second kappa shape index (κ2) is 9.72. The van der Waals surface area contributed by atoms with Crippen LogP contribution in [0, 0.1) is 5.82 Å². The standard InChI is InChI=1S/C25H21FN4O3S/c1-15(24(28)32)30(18-11-9-17(26)10-12-18)25-29-23(27)22(34-25)21(31)16-7-13-20(14-8-16)33-19-5-3-2-4-6-19/h2-15H,27H2,1H3,(H2,28,32)/t15-/m1/s1. The first-order valence-electron chi connectivity index (χ1n) is 10.3. The van der Waals surface area contributed by atoms with Gasteiger partial charge >= 0.3 is 0 Å². The minimum absolute atomic E-state index is 0.0263. The summed E-state index contributed by atoms with van der Waals surface area (Å²) < 4.78 is 19.2. The van der Waals surface area contributed by atoms with Crippen LogP contribution in [0.4, 0.5) is 21.0 Å². The normalized spacial score (nSPS) is 11.6. The molecule has 0 fully saturated rings. The van der Waals surface area contributed by atoms with Crippen molar-refractivity contribution in [3.63, 3.8) is 0 Å². The van der Waals surface area contributed by atoms with Crippen molar-refractivity contribution in [1.82, 2.24) is 4.98 Å². The van der Waals surface area contributed by atoms with Crippen molar-refractivity contribution in [1.29, 1.82) is 0 Å². The molecule has 1 atom stereocenters. The molecule has 4 rings (SSSR count). The molecule has 1 amide bonds. The second-order valence-electron chi connectivity index (χ2n) is 7.40. The largest absolute Gasteiger partial charge is 0.457 e. The van der Waals surface area contributed by atoms with Crippen LogP contribution in [0.1, 0.15) is 22.2 Å². The first-order chi connectivity index (χ1) is 16.3. The zero-order chi connectivity index (χ0) is 24.2. The number of hydrogen-bond donors (Lipinski definition) is 2. The molecule has 0 radical (unpaired) electrons. The Morgan fingerprint density at radius 3 is 2.21 bits per heavy atom. The Hall–Kier alpha value is -4.24. The maximum absolute atomic E-state index is 13.4. The average Bonchev–Trinajstić information content (AvgIpc) is 3.22. The van der Waals surface area contributed by atoms with Crippen LogP contribution < -0.4 is 21.1 Å². The predicted octanol–water partition coefficient (Wildman–Crippen LogP) is 4.90. The number of benzene rings is 3. The third-order valence-electron chi connectivity index (χ3n) is 5.05. The number of thiazole rings is 1. The molecule has 1 heterocycles. The lowest BCUT2D eigenvalue weighted by Crippen LogP contribution is -2.39. The Balaban J connectivity index is 1.61. The molecule has 0 saturated carbocycles. The summed E-state index contributed by atoms with van der Waals surface area (Å²) >= 11 is 1.03. The average molecular weight is 477 g/mol. The van der Waals surface area contributed by atoms with Crippen LogP contribution in [0.5, 0.6) is 11.5 Å². The van der Waals surface area contributed by atoms with E-state index < -0.39 is 17.8 Å². The van der Waals surface area contributed by atoms with Crippen LogP contribution >= 0.6 is 11.3 Å². The van der Waals surface area contributed by atoms with Gasteiger partial charge in [-0.3, -0.25) is 9.59 Å². The molecule has 4 aromatic rings. The number of nitrogens with zero attached hydrogens (tertiary/aromatic N) is 2. The first-order valence-corrected chi connectivity index (χ1v) is 11.1. The van der Waals surface area contributed by atoms with Crippen LogP contribution in [0.2, 0.25) is 0 Å². The Morgan fingerprint density at radius 1 is 0.971 bits per heavy atom. The number of aromatic nitrogens is 1. The molecule has 0 saturated heterocycles. The summed E-state index contributed by atoms with van der Waals surface area (Å²) in [6.45, 7) is 1.59. The van der Waals surface area contributed by atoms with E-state index in [9.17, 15) is 14.0 Å². The number of anilines is 3. The van der Waals surface area contributed by atoms with E-state index in [1.54, 1.807) is 31.2 Å². The number of hydrogen-bond acceptors (Lipinski definition) is 7. The van der Waals surface area contributed by atoms with Gasteiger partial charge in [-0.2, -0.15) is 0 Å². The van der Waals surface area contributed by atoms with Crippen molar-refractivity contribution in [2.24, 2.45) is 5.73 Å². The summed E-state index contributed by atoms with van der Waals surface area (Å²) in [5.41, 5.74) is 12.5. The van der Waals surface area contributed by atoms with Gasteiger partial charge in [-0.25, -0.2) is 9.37 Å². The van der Waals surface area contributed by atoms with Crippen LogP contribution in [0.15, 0.2) is 78.9 Å². The van der Waals surface area contributed by atoms with E-state index in [-0.39, 0.29) is 16.5 Å². The van der Waals surface area contributed by atoms with Gasteiger partial charge in [0.2, 0.25) is 11.7 Å². The zero-order valence-electron chi connectivity index (χ0n) is 18.1. The van der Waals surface area contributed by atoms with Gasteiger partial charge < -0.3 is 21.1 Å². The number of primary amides is 1. The minimum atomic E-state index is -0.812. The van der Waals surface area contributed by atoms with Gasteiger partial charge in [-0.15, -0.1) is 0 Å². The van der Waals surface area contributed by atoms with Crippen molar-refractivity contribution in [2.45, 2.75) is 13.0 Å². The third-order valence-corrected chi connectivity index (χ3v) is 6.12. The molecule has 3 aromatic carbocycles. The maximum Gasteiger partial charge on any atom is 0.240 e. The number of ether oxygens (including phenoxy) is 1. The number of carbonyl (C=O) groups is 2. The van der Waals surface area contributed by atoms with Crippen molar-refractivity contribution < 1.29 is 18.7 Å². The van der Waals surface area contributed by atoms with Gasteiger partial charge in [0.25, 0.3) is 0 Å². The summed E-state index contributed by atoms with van der Waals surface area (Å²) in [5, 5.41) is 0.294. The molecule has 0 unspecified atom stereocenters. The van der Waals surface area contributed by atoms with Gasteiger partial charge in [0.15, 0.2) is 5.13 Å². The number of nitrogens with two attached hydrogens (primary N) is 2. The molecule has 0 bridgehead atoms. The van der Waals surface area contributed by atoms with Gasteiger partial charge in [0.1, 0.15) is 34.1 Å². The highest BCUT2D eigenvalue weighted by atomic mass is 32.1. The fourth-order valence-electron chi connectivity index (χ4n) is 3.24. The Kier molecular flexibility index (Phi) is 6.55. The smallest absolute Gasteiger partial charge is 0.240 e. The molecule has 0 aliphatic rings. The monoisotopic (exact) mass is 476 g/mol. The molecule has 1 aromatic heterocycles. The van der Waals surface area contributed by atoms with Crippen molar-refractivity contribution in [3.8, 4) is 11.5 Å². The first kappa shape index (κ1) is 22.9. The lowest BCUT2D eigenvalue weighted by molar-refractivity contribution is -0.118. The maximum atomic E-state index is 13.4. The number of ketones is 1. The molecule has 172 valence electrons. The fraction of sp³-hybridized carbons (Fsp3) is 0.0800. The highest BCUT2D eigenvalue weighted by molar-refractivity contribution is 7.18. The summed E-state index contributed by atoms with van der Waals surface area (Å²) in [7, 11) is 0. The van der Waals surface area contributed by atoms with E-state index in [0.717, 1.165) is 11.3 Å². The number of halogens is 1. The number of carbonyl (C=O) groups excluding carboxylic acids is 2. The summed E-state index contributed by atoms with van der Waals surface area (Å²) in [5.74, 6) is -0.0674. The lowest BCUT2D eigenvalue weighted by atomic mass is 10.1. The van der Waals surface area contributed by atoms with E-state index in [1.165, 1.54) is 29.2 Å². The minimum Gasteiger partial charge on any atom is -0.457 e. The number of rotatable bonds is 8. The highest BCUT2D eigenvalue weighted by Crippen LogP contribution is 2.36. The van der Waals surface area contributed by atoms with E-state index in [4.69, 9.17) is 16.2 Å². The van der Waals surface area contributed by atoms with E-state index in [1.807, 2.05) is 30.3 Å². The highest BCUT2D eigenvalue weighted by Gasteiger charge is 2.27. The number of nitrogen functional groups attached to an aromatic ring is 1. The summed E-state index contributed by atoms with van der Waals surface area (Å²) in [6.07, 6.45) is 0. The molecule has 0 aliphatic carbocycles. The SMILES string of the molecule is C[C@H](C(N)=O)N(c1ccc(F)cc1)c1nc(N)c(C(=O)c2ccc(Oc3ccccc3)cc2)s1. The fourth-order valence-corrected chi connectivity index (χ4v) is 4.29. The lowest BCUT2D eigenvalue weighted by Gasteiger charge is -2.26. The topological polar surface area (TPSA) is 112 Å². The number of amides is 1. The van der Waals surface area contributed by atoms with Gasteiger partial charge in [0, 0.05) is 11.3 Å². The Labute approximate surface area is 199 Å². The molecule has 4 N–H and O–H groups in total. The van der Waals surface area contributed by atoms with Crippen LogP contribution in [-0.2, 0) is 4.79 Å². The molecular formula is C25H21FN4O3S. The van der Waals surface area contributed by atoms with E-state index in [2.05, 4.69) is 4.98 Å². The molecule has 0 spiro atoms. The van der Waals surface area contributed by atoms with Gasteiger partial charge in [-0.1, -0.05) is 29.5 Å². The van der Waals surface area contributed by atoms with Crippen molar-refractivity contribution in [2.75, 3.05) is 10.6 Å². The summed E-state index contributed by atoms with van der Waals surface area (Å²) in [4.78, 5) is 31.1. The van der Waals surface area contributed by atoms with Crippen LogP contribution in [-0.4, -0.2) is 22.7 Å². The third kappa shape index (κ3) is 4.89. The molecule has 7 nitrogen and oxygen atoms in total. The molecule has 0 aliphatic heterocycles. The molecule has 34 heavy (non-hydrogen) atoms. The number of para-hydroxylation sites is 1. The second-order valence-corrected chi connectivity index (χ2v) is 8.38. The summed E-state index contributed by atoms with van der Waals surface area (Å²) in [6, 6.07) is 20.7. The molecular weight excluding hydrogens is 455 g/mol. The predicted molar refractivity (Wildman–Crippen MR) is 130 cm³/mol. The Morgan fingerprint density at radius 2 is 1.59 bits per heavy atom. The van der Waals surface area contributed by atoms with Crippen LogP contribution in [0.3, 0.4) is 0 Å². The Bertz CT molecular complexity index is 1310. The van der Waals surface area contributed by atoms with Crippen molar-refractivity contribution >= 4 is 39.7 Å². The zero-order valence-corrected chi connectivity index (χ0v) is 19.0. The quantitative estimate of drug-likeness (QED) is 0.350.